The van der Waals surface area contributed by atoms with Gasteiger partial charge in [-0.1, -0.05) is 101 Å². The minimum absolute atomic E-state index is 0.501. The van der Waals surface area contributed by atoms with Crippen LogP contribution in [0.1, 0.15) is 96.7 Å². The molecule has 44 heavy (non-hydrogen) atoms. The summed E-state index contributed by atoms with van der Waals surface area (Å²) in [4.78, 5) is 9.76. The molecule has 0 fully saturated rings. The maximum atomic E-state index is 15.1. The molecule has 0 saturated heterocycles. The van der Waals surface area contributed by atoms with E-state index in [1.807, 2.05) is 48.5 Å². The second-order valence-corrected chi connectivity index (χ2v) is 14.0. The minimum Gasteiger partial charge on any atom is -0.323 e. The maximum Gasteiger partial charge on any atom is 0.678 e. The molecule has 0 atom stereocenters. The molecule has 3 aromatic heterocycles. The summed E-state index contributed by atoms with van der Waals surface area (Å²) in [5, 5.41) is 1.67. The zero-order chi connectivity index (χ0) is 30.5. The first kappa shape index (κ1) is 30.7. The van der Waals surface area contributed by atoms with Crippen molar-refractivity contribution in [3.63, 3.8) is 0 Å². The molecule has 6 rings (SSSR count). The van der Waals surface area contributed by atoms with Crippen molar-refractivity contribution in [1.29, 1.82) is 0 Å². The topological polar surface area (TPSA) is 17.3 Å². The first-order valence-corrected chi connectivity index (χ1v) is 17.7. The average molecular weight is 625 g/mol. The molecule has 1 aliphatic heterocycles. The third-order valence-electron chi connectivity index (χ3n) is 8.46. The Bertz CT molecular complexity index is 1790. The zero-order valence-electron chi connectivity index (χ0n) is 25.6. The summed E-state index contributed by atoms with van der Waals surface area (Å²) in [6.07, 6.45) is 13.7. The van der Waals surface area contributed by atoms with Crippen molar-refractivity contribution in [1.82, 2.24) is 4.48 Å². The normalized spacial score (nSPS) is 13.6. The highest BCUT2D eigenvalue weighted by molar-refractivity contribution is 7.15. The number of hydrogen-bond acceptors (Lipinski definition) is 3. The fourth-order valence-electron chi connectivity index (χ4n) is 6.21. The summed E-state index contributed by atoms with van der Waals surface area (Å²) in [5.74, 6) is 0. The van der Waals surface area contributed by atoms with Crippen molar-refractivity contribution in [2.75, 3.05) is 0 Å². The molecule has 0 bridgehead atoms. The van der Waals surface area contributed by atoms with Crippen LogP contribution in [-0.4, -0.2) is 17.6 Å². The molecule has 0 spiro atoms. The van der Waals surface area contributed by atoms with Crippen LogP contribution in [-0.2, 0) is 12.8 Å². The summed E-state index contributed by atoms with van der Waals surface area (Å²) in [7, 11) is -2.69. The van der Waals surface area contributed by atoms with Crippen LogP contribution in [0.2, 0.25) is 0 Å². The van der Waals surface area contributed by atoms with Crippen LogP contribution in [0.5, 0.6) is 0 Å². The van der Waals surface area contributed by atoms with Crippen molar-refractivity contribution in [2.24, 2.45) is 4.99 Å². The van der Waals surface area contributed by atoms with Crippen LogP contribution in [0, 0.1) is 0 Å². The fourth-order valence-corrected chi connectivity index (χ4v) is 8.37. The van der Waals surface area contributed by atoms with Gasteiger partial charge >= 0.3 is 7.40 Å². The zero-order valence-corrected chi connectivity index (χ0v) is 27.3. The van der Waals surface area contributed by atoms with Crippen molar-refractivity contribution in [3.05, 3.63) is 104 Å². The number of thiophene rings is 2. The van der Waals surface area contributed by atoms with Gasteiger partial charge in [-0.05, 0) is 56.0 Å². The Kier molecular flexibility index (Phi) is 9.93. The lowest BCUT2D eigenvalue weighted by molar-refractivity contribution is 0.631. The monoisotopic (exact) mass is 624 g/mol. The Balaban J connectivity index is 1.40. The number of halogens is 2. The second-order valence-electron chi connectivity index (χ2n) is 11.6. The van der Waals surface area contributed by atoms with Gasteiger partial charge < -0.3 is 4.48 Å². The number of unbranched alkanes of at least 4 members (excludes halogenated alkanes) is 6. The number of aryl methyl sites for hydroxylation is 2. The highest BCUT2D eigenvalue weighted by atomic mass is 32.1. The quantitative estimate of drug-likeness (QED) is 0.0864. The Morgan fingerprint density at radius 3 is 1.93 bits per heavy atom. The van der Waals surface area contributed by atoms with E-state index in [0.717, 1.165) is 62.3 Å². The highest BCUT2D eigenvalue weighted by Crippen LogP contribution is 2.41. The van der Waals surface area contributed by atoms with Gasteiger partial charge in [-0.2, -0.15) is 0 Å². The highest BCUT2D eigenvalue weighted by Gasteiger charge is 2.30. The van der Waals surface area contributed by atoms with E-state index in [1.54, 1.807) is 22.7 Å². The Labute approximate surface area is 268 Å². The lowest BCUT2D eigenvalue weighted by Crippen LogP contribution is -2.15. The number of fused-ring (bicyclic) bond motifs is 2. The van der Waals surface area contributed by atoms with Gasteiger partial charge in [0, 0.05) is 37.3 Å². The molecule has 4 heterocycles. The predicted octanol–water partition coefficient (Wildman–Crippen LogP) is 11.8. The van der Waals surface area contributed by atoms with Gasteiger partial charge in [0.15, 0.2) is 0 Å². The van der Waals surface area contributed by atoms with Gasteiger partial charge in [0.25, 0.3) is 0 Å². The lowest BCUT2D eigenvalue weighted by Gasteiger charge is -2.08. The summed E-state index contributed by atoms with van der Waals surface area (Å²) in [6, 6.07) is 24.5. The average Bonchev–Trinajstić information content (AvgIpc) is 3.83. The largest absolute Gasteiger partial charge is 0.678 e. The second kappa shape index (κ2) is 14.2. The molecular formula is C37H39BF2N2S2. The van der Waals surface area contributed by atoms with E-state index in [-0.39, 0.29) is 0 Å². The molecule has 226 valence electrons. The molecule has 0 radical (unpaired) electrons. The molecular weight excluding hydrogens is 585 g/mol. The summed E-state index contributed by atoms with van der Waals surface area (Å²) < 4.78 is 31.4. The summed E-state index contributed by atoms with van der Waals surface area (Å²) in [5.41, 5.74) is 4.80. The van der Waals surface area contributed by atoms with E-state index in [0.29, 0.717) is 11.4 Å². The van der Waals surface area contributed by atoms with Crippen LogP contribution in [0.15, 0.2) is 77.8 Å². The Morgan fingerprint density at radius 2 is 1.27 bits per heavy atom. The Morgan fingerprint density at radius 1 is 0.682 bits per heavy atom. The number of aromatic nitrogens is 1. The molecule has 0 unspecified atom stereocenters. The first-order valence-electron chi connectivity index (χ1n) is 16.1. The fraction of sp³-hybridized carbons (Fsp3) is 0.324. The van der Waals surface area contributed by atoms with Crippen LogP contribution in [0.3, 0.4) is 0 Å². The van der Waals surface area contributed by atoms with Crippen molar-refractivity contribution < 1.29 is 8.63 Å². The number of aliphatic imine (C=N–C) groups is 1. The first-order chi connectivity index (χ1) is 21.6. The van der Waals surface area contributed by atoms with Crippen LogP contribution < -0.4 is 0 Å². The smallest absolute Gasteiger partial charge is 0.323 e. The third kappa shape index (κ3) is 6.41. The number of benzene rings is 2. The van der Waals surface area contributed by atoms with E-state index >= 15 is 8.63 Å². The number of rotatable bonds is 14. The SMILES string of the molecule is CCCCCCc1ccc(C2=N/C(=C\c3c4ccccc4c(-c4ccc(CCCCCC)s4)n3B(F)F)c3ccccc32)s1. The van der Waals surface area contributed by atoms with Crippen LogP contribution >= 0.6 is 22.7 Å². The molecule has 5 aromatic rings. The molecule has 0 saturated carbocycles. The van der Waals surface area contributed by atoms with Gasteiger partial charge in [0.2, 0.25) is 0 Å². The number of nitrogens with zero attached hydrogens (tertiary/aromatic N) is 2. The Hall–Kier alpha value is -3.29. The van der Waals surface area contributed by atoms with Gasteiger partial charge in [0.1, 0.15) is 0 Å². The van der Waals surface area contributed by atoms with E-state index in [9.17, 15) is 0 Å². The third-order valence-corrected chi connectivity index (χ3v) is 10.8. The van der Waals surface area contributed by atoms with E-state index in [2.05, 4.69) is 44.2 Å². The van der Waals surface area contributed by atoms with Gasteiger partial charge in [-0.25, -0.2) is 4.99 Å². The van der Waals surface area contributed by atoms with Gasteiger partial charge in [-0.15, -0.1) is 22.7 Å². The van der Waals surface area contributed by atoms with Gasteiger partial charge in [0.05, 0.1) is 26.9 Å². The summed E-state index contributed by atoms with van der Waals surface area (Å²) in [6.45, 7) is 4.45. The molecule has 7 heteroatoms. The standard InChI is InChI=1S/C37H39BF2N2S2/c1-3-5-7-9-15-26-21-23-34(43-26)36-30-19-13-11-17-28(30)32(41-36)25-33-29-18-12-14-20-31(29)37(42(33)38(39)40)35-24-22-27(44-35)16-10-8-6-4-2/h11-14,17-25H,3-10,15-16H2,1-2H3/b32-25-. The lowest BCUT2D eigenvalue weighted by atomic mass is 10.0. The maximum absolute atomic E-state index is 15.1. The molecule has 0 amide bonds. The molecule has 2 aromatic carbocycles. The molecule has 0 N–H and O–H groups in total. The van der Waals surface area contributed by atoms with Crippen LogP contribution in [0.4, 0.5) is 8.63 Å². The molecule has 2 nitrogen and oxygen atoms in total. The molecule has 1 aliphatic rings. The van der Waals surface area contributed by atoms with Crippen LogP contribution in [0.25, 0.3) is 33.1 Å². The van der Waals surface area contributed by atoms with Crippen molar-refractivity contribution >= 4 is 58.3 Å². The summed E-state index contributed by atoms with van der Waals surface area (Å²) >= 11 is 3.44. The number of hydrogen-bond donors (Lipinski definition) is 0. The van der Waals surface area contributed by atoms with E-state index in [1.165, 1.54) is 59.2 Å². The molecule has 0 aliphatic carbocycles. The van der Waals surface area contributed by atoms with Crippen molar-refractivity contribution in [2.45, 2.75) is 78.1 Å². The van der Waals surface area contributed by atoms with E-state index < -0.39 is 7.40 Å². The predicted molar refractivity (Wildman–Crippen MR) is 189 cm³/mol. The van der Waals surface area contributed by atoms with Crippen molar-refractivity contribution in [3.8, 4) is 10.6 Å². The van der Waals surface area contributed by atoms with E-state index in [4.69, 9.17) is 4.99 Å². The van der Waals surface area contributed by atoms with Gasteiger partial charge in [-0.3, -0.25) is 8.63 Å². The minimum atomic E-state index is -2.69.